The zero-order chi connectivity index (χ0) is 15.3. The number of carbonyl (C=O) groups is 1. The maximum Gasteiger partial charge on any atom is 0.179 e. The van der Waals surface area contributed by atoms with E-state index in [9.17, 15) is 21.8 Å². The van der Waals surface area contributed by atoms with Gasteiger partial charge in [-0.15, -0.1) is 0 Å². The van der Waals surface area contributed by atoms with Crippen molar-refractivity contribution in [1.29, 1.82) is 0 Å². The fourth-order valence-corrected chi connectivity index (χ4v) is 3.99. The molecule has 0 bridgehead atoms. The molecule has 112 valence electrons. The fraction of sp³-hybridized carbons (Fsp3) is 0.417. The minimum atomic E-state index is -3.23. The number of carbonyl (C=O) groups excluding carboxylic acids is 1. The summed E-state index contributed by atoms with van der Waals surface area (Å²) in [5.74, 6) is -1.70. The second-order valence-electron chi connectivity index (χ2n) is 4.19. The molecule has 0 aromatic heterocycles. The van der Waals surface area contributed by atoms with E-state index in [0.29, 0.717) is 0 Å². The number of halogens is 1. The van der Waals surface area contributed by atoms with Crippen molar-refractivity contribution < 1.29 is 26.5 Å². The lowest BCUT2D eigenvalue weighted by Gasteiger charge is -2.07. The molecule has 8 heteroatoms. The Morgan fingerprint density at radius 2 is 2.05 bits per heavy atom. The van der Waals surface area contributed by atoms with Crippen LogP contribution in [-0.4, -0.2) is 49.0 Å². The van der Waals surface area contributed by atoms with Crippen molar-refractivity contribution in [2.24, 2.45) is 0 Å². The Hall–Kier alpha value is -1.28. The fourth-order valence-electron chi connectivity index (χ4n) is 1.44. The van der Waals surface area contributed by atoms with E-state index in [4.69, 9.17) is 4.74 Å². The van der Waals surface area contributed by atoms with Crippen molar-refractivity contribution in [2.75, 3.05) is 30.6 Å². The lowest BCUT2D eigenvalue weighted by molar-refractivity contribution is 0.101. The number of ketones is 1. The molecule has 20 heavy (non-hydrogen) atoms. The minimum absolute atomic E-state index is 0.000190. The van der Waals surface area contributed by atoms with Gasteiger partial charge in [-0.2, -0.15) is 0 Å². The van der Waals surface area contributed by atoms with Gasteiger partial charge in [-0.05, 0) is 18.2 Å². The van der Waals surface area contributed by atoms with Crippen LogP contribution in [0.2, 0.25) is 0 Å². The second kappa shape index (κ2) is 6.94. The number of ether oxygens (including phenoxy) is 1. The molecule has 5 nitrogen and oxygen atoms in total. The SMILES string of the molecule is COc1ccc(F)cc1C(=O)CS(=O)CCS(C)(=O)=O. The van der Waals surface area contributed by atoms with Crippen molar-refractivity contribution in [3.63, 3.8) is 0 Å². The molecule has 1 rings (SSSR count). The van der Waals surface area contributed by atoms with Crippen LogP contribution in [-0.2, 0) is 20.6 Å². The molecule has 0 aliphatic heterocycles. The van der Waals surface area contributed by atoms with Gasteiger partial charge < -0.3 is 4.74 Å². The van der Waals surface area contributed by atoms with E-state index in [0.717, 1.165) is 18.4 Å². The van der Waals surface area contributed by atoms with Crippen LogP contribution in [0, 0.1) is 5.82 Å². The Kier molecular flexibility index (Phi) is 5.82. The molecular weight excluding hydrogens is 307 g/mol. The predicted molar refractivity (Wildman–Crippen MR) is 74.9 cm³/mol. The van der Waals surface area contributed by atoms with Gasteiger partial charge in [0.05, 0.1) is 24.2 Å². The Morgan fingerprint density at radius 1 is 1.40 bits per heavy atom. The van der Waals surface area contributed by atoms with Gasteiger partial charge in [0.15, 0.2) is 5.78 Å². The van der Waals surface area contributed by atoms with Crippen LogP contribution in [0.15, 0.2) is 18.2 Å². The number of hydrogen-bond donors (Lipinski definition) is 0. The van der Waals surface area contributed by atoms with Crippen molar-refractivity contribution in [3.8, 4) is 5.75 Å². The lowest BCUT2D eigenvalue weighted by Crippen LogP contribution is -2.18. The van der Waals surface area contributed by atoms with E-state index < -0.39 is 32.2 Å². The highest BCUT2D eigenvalue weighted by Crippen LogP contribution is 2.20. The van der Waals surface area contributed by atoms with Crippen LogP contribution < -0.4 is 4.74 Å². The first-order chi connectivity index (χ1) is 9.23. The maximum absolute atomic E-state index is 13.1. The predicted octanol–water partition coefficient (Wildman–Crippen LogP) is 0.810. The third-order valence-corrected chi connectivity index (χ3v) is 4.88. The molecule has 0 amide bonds. The van der Waals surface area contributed by atoms with Crippen LogP contribution in [0.5, 0.6) is 5.75 Å². The van der Waals surface area contributed by atoms with Gasteiger partial charge in [-0.3, -0.25) is 9.00 Å². The molecule has 1 atom stereocenters. The third kappa shape index (κ3) is 5.38. The molecule has 0 saturated heterocycles. The Labute approximate surface area is 119 Å². The van der Waals surface area contributed by atoms with Gasteiger partial charge in [0, 0.05) is 22.8 Å². The molecule has 0 radical (unpaired) electrons. The molecule has 0 spiro atoms. The monoisotopic (exact) mass is 322 g/mol. The first-order valence-electron chi connectivity index (χ1n) is 5.62. The molecule has 1 unspecified atom stereocenters. The van der Waals surface area contributed by atoms with Gasteiger partial charge >= 0.3 is 0 Å². The van der Waals surface area contributed by atoms with E-state index in [2.05, 4.69) is 0 Å². The van der Waals surface area contributed by atoms with Crippen LogP contribution in [0.3, 0.4) is 0 Å². The quantitative estimate of drug-likeness (QED) is 0.694. The van der Waals surface area contributed by atoms with E-state index >= 15 is 0 Å². The number of benzene rings is 1. The standard InChI is InChI=1S/C12H15FO5S2/c1-18-12-4-3-9(13)7-10(12)11(14)8-19(15)5-6-20(2,16)17/h3-4,7H,5-6,8H2,1-2H3. The smallest absolute Gasteiger partial charge is 0.179 e. The Balaban J connectivity index is 2.76. The summed E-state index contributed by atoms with van der Waals surface area (Å²) in [7, 11) is -3.51. The average Bonchev–Trinajstić information content (AvgIpc) is 2.35. The lowest BCUT2D eigenvalue weighted by atomic mass is 10.1. The molecule has 0 N–H and O–H groups in total. The summed E-state index contributed by atoms with van der Waals surface area (Å²) < 4.78 is 51.6. The largest absolute Gasteiger partial charge is 0.496 e. The second-order valence-corrected chi connectivity index (χ2v) is 8.02. The highest BCUT2D eigenvalue weighted by Gasteiger charge is 2.17. The van der Waals surface area contributed by atoms with Crippen molar-refractivity contribution >= 4 is 26.4 Å². The van der Waals surface area contributed by atoms with Gasteiger partial charge in [0.25, 0.3) is 0 Å². The summed E-state index contributed by atoms with van der Waals surface area (Å²) in [5, 5.41) is 0. The first kappa shape index (κ1) is 16.8. The number of hydrogen-bond acceptors (Lipinski definition) is 5. The molecule has 1 aromatic rings. The molecule has 0 fully saturated rings. The summed E-state index contributed by atoms with van der Waals surface area (Å²) in [6, 6.07) is 3.47. The maximum atomic E-state index is 13.1. The van der Waals surface area contributed by atoms with Crippen molar-refractivity contribution in [2.45, 2.75) is 0 Å². The summed E-state index contributed by atoms with van der Waals surface area (Å²) in [4.78, 5) is 11.9. The van der Waals surface area contributed by atoms with Crippen molar-refractivity contribution in [1.82, 2.24) is 0 Å². The van der Waals surface area contributed by atoms with E-state index in [-0.39, 0.29) is 28.6 Å². The number of rotatable bonds is 7. The van der Waals surface area contributed by atoms with Crippen LogP contribution in [0.1, 0.15) is 10.4 Å². The first-order valence-corrected chi connectivity index (χ1v) is 9.17. The minimum Gasteiger partial charge on any atom is -0.496 e. The number of methoxy groups -OCH3 is 1. The Bertz CT molecular complexity index is 625. The zero-order valence-electron chi connectivity index (χ0n) is 11.1. The van der Waals surface area contributed by atoms with Gasteiger partial charge in [0.1, 0.15) is 21.4 Å². The van der Waals surface area contributed by atoms with Gasteiger partial charge in [0.2, 0.25) is 0 Å². The summed E-state index contributed by atoms with van der Waals surface area (Å²) in [6.45, 7) is 0. The van der Waals surface area contributed by atoms with Crippen LogP contribution in [0.25, 0.3) is 0 Å². The zero-order valence-corrected chi connectivity index (χ0v) is 12.7. The summed E-state index contributed by atoms with van der Waals surface area (Å²) in [5.41, 5.74) is 0.000190. The van der Waals surface area contributed by atoms with Crippen LogP contribution in [0.4, 0.5) is 4.39 Å². The third-order valence-electron chi connectivity index (χ3n) is 2.44. The van der Waals surface area contributed by atoms with E-state index in [1.165, 1.54) is 13.2 Å². The van der Waals surface area contributed by atoms with Gasteiger partial charge in [-0.1, -0.05) is 0 Å². The molecule has 1 aromatic carbocycles. The van der Waals surface area contributed by atoms with E-state index in [1.807, 2.05) is 0 Å². The highest BCUT2D eigenvalue weighted by molar-refractivity contribution is 7.92. The average molecular weight is 322 g/mol. The van der Waals surface area contributed by atoms with Crippen LogP contribution >= 0.6 is 0 Å². The summed E-state index contributed by atoms with van der Waals surface area (Å²) >= 11 is 0. The number of Topliss-reactive ketones (excluding diaryl/α,β-unsaturated/α-hetero) is 1. The number of sulfone groups is 1. The normalized spacial score (nSPS) is 12.9. The highest BCUT2D eigenvalue weighted by atomic mass is 32.2. The van der Waals surface area contributed by atoms with Crippen molar-refractivity contribution in [3.05, 3.63) is 29.6 Å². The molecule has 0 saturated carbocycles. The molecule has 0 heterocycles. The van der Waals surface area contributed by atoms with Gasteiger partial charge in [-0.25, -0.2) is 12.8 Å². The molecular formula is C12H15FO5S2. The van der Waals surface area contributed by atoms with E-state index in [1.54, 1.807) is 0 Å². The topological polar surface area (TPSA) is 77.5 Å². The molecule has 0 aliphatic rings. The summed E-state index contributed by atoms with van der Waals surface area (Å²) in [6.07, 6.45) is 1.03. The molecule has 0 aliphatic carbocycles. The Morgan fingerprint density at radius 3 is 2.60 bits per heavy atom.